The molecule has 0 N–H and O–H groups in total. The fraction of sp³-hybridized carbons (Fsp3) is 0.417. The highest BCUT2D eigenvalue weighted by Crippen LogP contribution is 2.43. The van der Waals surface area contributed by atoms with Gasteiger partial charge in [0.15, 0.2) is 0 Å². The average Bonchev–Trinajstić information content (AvgIpc) is 3.71. The van der Waals surface area contributed by atoms with Gasteiger partial charge in [-0.15, -0.1) is 0 Å². The molecule has 0 radical (unpaired) electrons. The fourth-order valence-corrected chi connectivity index (χ4v) is 7.14. The Morgan fingerprint density at radius 2 is 1.55 bits per heavy atom. The second-order valence-electron chi connectivity index (χ2n) is 9.76. The van der Waals surface area contributed by atoms with Crippen molar-refractivity contribution < 1.29 is 48.8 Å². The van der Waals surface area contributed by atoms with E-state index >= 15 is 4.39 Å². The van der Waals surface area contributed by atoms with Crippen LogP contribution >= 0.6 is 23.2 Å². The predicted octanol–water partition coefficient (Wildman–Crippen LogP) is 3.94. The summed E-state index contributed by atoms with van der Waals surface area (Å²) in [6.45, 7) is 0.855. The van der Waals surface area contributed by atoms with Gasteiger partial charge in [0.05, 0.1) is 16.7 Å². The minimum Gasteiger partial charge on any atom is -0.314 e. The van der Waals surface area contributed by atoms with E-state index in [0.29, 0.717) is 30.2 Å². The molecule has 2 aromatic rings. The summed E-state index contributed by atoms with van der Waals surface area (Å²) < 4.78 is 104. The molecule has 1 saturated carbocycles. The van der Waals surface area contributed by atoms with Crippen LogP contribution in [0.2, 0.25) is 10.0 Å². The standard InChI is InChI=1S/C24H23Cl2F4N3O7S2/c1-41(36,37)33(40-23(35)24(28,29)30)22(34)20-12-19(14-2-3-14)15(8-21(20)27)13-31-4-6-32(7-5-31)42(38,39)18-10-16(25)9-17(26)11-18/h8-12,14H,2-7,13H2,1H3. The third-order valence-electron chi connectivity index (χ3n) is 6.54. The Kier molecular flexibility index (Phi) is 9.17. The van der Waals surface area contributed by atoms with Gasteiger partial charge in [0.25, 0.3) is 10.0 Å². The molecule has 2 aliphatic rings. The maximum atomic E-state index is 15.2. The number of halogens is 6. The van der Waals surface area contributed by atoms with Gasteiger partial charge < -0.3 is 4.84 Å². The molecule has 4 rings (SSSR count). The number of carbonyl (C=O) groups is 2. The molecule has 0 spiro atoms. The Bertz CT molecular complexity index is 1610. The van der Waals surface area contributed by atoms with Gasteiger partial charge in [0, 0.05) is 42.8 Å². The zero-order chi connectivity index (χ0) is 31.2. The minimum absolute atomic E-state index is 0.0594. The number of hydrogen-bond donors (Lipinski definition) is 0. The molecule has 2 fully saturated rings. The van der Waals surface area contributed by atoms with Crippen LogP contribution in [-0.4, -0.2) is 81.0 Å². The van der Waals surface area contributed by atoms with Crippen LogP contribution < -0.4 is 0 Å². The molecule has 0 unspecified atom stereocenters. The molecule has 42 heavy (non-hydrogen) atoms. The Hall–Kier alpha value is -2.50. The lowest BCUT2D eigenvalue weighted by atomic mass is 9.98. The number of amides is 1. The largest absolute Gasteiger partial charge is 0.493 e. The summed E-state index contributed by atoms with van der Waals surface area (Å²) in [4.78, 5) is 29.7. The summed E-state index contributed by atoms with van der Waals surface area (Å²) in [5, 5.41) is 0.323. The number of sulfonamides is 2. The zero-order valence-electron chi connectivity index (χ0n) is 21.7. The van der Waals surface area contributed by atoms with Crippen molar-refractivity contribution in [3.63, 3.8) is 0 Å². The van der Waals surface area contributed by atoms with Gasteiger partial charge in [-0.3, -0.25) is 9.69 Å². The predicted molar refractivity (Wildman–Crippen MR) is 142 cm³/mol. The second kappa shape index (κ2) is 11.9. The molecular weight excluding hydrogens is 653 g/mol. The van der Waals surface area contributed by atoms with Crippen molar-refractivity contribution in [2.24, 2.45) is 0 Å². The van der Waals surface area contributed by atoms with Crippen LogP contribution in [-0.2, 0) is 36.2 Å². The van der Waals surface area contributed by atoms with Gasteiger partial charge in [-0.1, -0.05) is 27.7 Å². The molecule has 0 bridgehead atoms. The lowest BCUT2D eigenvalue weighted by molar-refractivity contribution is -0.216. The van der Waals surface area contributed by atoms with Crippen LogP contribution in [0.3, 0.4) is 0 Å². The molecule has 1 aliphatic carbocycles. The summed E-state index contributed by atoms with van der Waals surface area (Å²) in [6, 6.07) is 6.01. The maximum Gasteiger partial charge on any atom is 0.493 e. The fourth-order valence-electron chi connectivity index (χ4n) is 4.39. The van der Waals surface area contributed by atoms with Crippen molar-refractivity contribution in [1.82, 2.24) is 13.7 Å². The van der Waals surface area contributed by atoms with Crippen molar-refractivity contribution in [2.75, 3.05) is 32.4 Å². The number of hydrogen-bond acceptors (Lipinski definition) is 8. The van der Waals surface area contributed by atoms with Crippen molar-refractivity contribution in [3.05, 3.63) is 62.9 Å². The number of benzene rings is 2. The van der Waals surface area contributed by atoms with Crippen LogP contribution in [0, 0.1) is 5.82 Å². The summed E-state index contributed by atoms with van der Waals surface area (Å²) in [5.74, 6) is -6.14. The van der Waals surface area contributed by atoms with E-state index in [4.69, 9.17) is 23.2 Å². The Labute approximate surface area is 248 Å². The van der Waals surface area contributed by atoms with E-state index in [-0.39, 0.29) is 53.6 Å². The van der Waals surface area contributed by atoms with Crippen molar-refractivity contribution >= 4 is 55.1 Å². The third kappa shape index (κ3) is 7.34. The first-order valence-corrected chi connectivity index (χ1v) is 16.3. The topological polar surface area (TPSA) is 121 Å². The molecule has 2 aromatic carbocycles. The van der Waals surface area contributed by atoms with E-state index < -0.39 is 53.9 Å². The molecule has 1 heterocycles. The third-order valence-corrected chi connectivity index (χ3v) is 9.70. The smallest absolute Gasteiger partial charge is 0.314 e. The molecule has 0 aromatic heterocycles. The number of nitrogens with zero attached hydrogens (tertiary/aromatic N) is 3. The Balaban J connectivity index is 1.53. The highest BCUT2D eigenvalue weighted by atomic mass is 35.5. The monoisotopic (exact) mass is 675 g/mol. The first kappa shape index (κ1) is 32.4. The number of rotatable bonds is 7. The van der Waals surface area contributed by atoms with Crippen LogP contribution in [0.4, 0.5) is 17.6 Å². The first-order chi connectivity index (χ1) is 19.4. The van der Waals surface area contributed by atoms with Crippen molar-refractivity contribution in [3.8, 4) is 0 Å². The van der Waals surface area contributed by atoms with Crippen LogP contribution in [0.5, 0.6) is 0 Å². The number of piperazine rings is 1. The molecule has 18 heteroatoms. The number of alkyl halides is 3. The van der Waals surface area contributed by atoms with E-state index in [1.165, 1.54) is 22.5 Å². The van der Waals surface area contributed by atoms with Crippen LogP contribution in [0.1, 0.15) is 40.2 Å². The highest BCUT2D eigenvalue weighted by molar-refractivity contribution is 7.89. The lowest BCUT2D eigenvalue weighted by Gasteiger charge is -2.34. The minimum atomic E-state index is -5.62. The SMILES string of the molecule is CS(=O)(=O)N(OC(=O)C(F)(F)F)C(=O)c1cc(C2CC2)c(CN2CCN(S(=O)(=O)c3cc(Cl)cc(Cl)c3)CC2)cc1F. The summed E-state index contributed by atoms with van der Waals surface area (Å²) in [5.41, 5.74) is 0.0128. The van der Waals surface area contributed by atoms with E-state index in [2.05, 4.69) is 4.84 Å². The second-order valence-corrected chi connectivity index (χ2v) is 14.4. The van der Waals surface area contributed by atoms with E-state index in [1.54, 1.807) is 0 Å². The van der Waals surface area contributed by atoms with Crippen LogP contribution in [0.15, 0.2) is 35.2 Å². The molecule has 230 valence electrons. The molecule has 1 aliphatic heterocycles. The molecule has 1 saturated heterocycles. The molecular formula is C24H23Cl2F4N3O7S2. The van der Waals surface area contributed by atoms with Gasteiger partial charge in [0.1, 0.15) is 5.82 Å². The summed E-state index contributed by atoms with van der Waals surface area (Å²) in [6.07, 6.45) is -3.96. The normalized spacial score (nSPS) is 17.2. The van der Waals surface area contributed by atoms with Gasteiger partial charge in [-0.05, 0) is 60.2 Å². The van der Waals surface area contributed by atoms with Crippen LogP contribution in [0.25, 0.3) is 0 Å². The van der Waals surface area contributed by atoms with Crippen molar-refractivity contribution in [2.45, 2.75) is 36.4 Å². The number of hydroxylamine groups is 1. The zero-order valence-corrected chi connectivity index (χ0v) is 24.8. The van der Waals surface area contributed by atoms with E-state index in [9.17, 15) is 39.6 Å². The lowest BCUT2D eigenvalue weighted by Crippen LogP contribution is -2.48. The summed E-state index contributed by atoms with van der Waals surface area (Å²) in [7, 11) is -8.77. The summed E-state index contributed by atoms with van der Waals surface area (Å²) >= 11 is 11.9. The first-order valence-electron chi connectivity index (χ1n) is 12.2. The Morgan fingerprint density at radius 1 is 0.976 bits per heavy atom. The average molecular weight is 676 g/mol. The van der Waals surface area contributed by atoms with E-state index in [1.807, 2.05) is 4.90 Å². The van der Waals surface area contributed by atoms with Gasteiger partial charge >= 0.3 is 18.1 Å². The van der Waals surface area contributed by atoms with Gasteiger partial charge in [-0.25, -0.2) is 26.0 Å². The van der Waals surface area contributed by atoms with Gasteiger partial charge in [-0.2, -0.15) is 17.5 Å². The molecule has 0 atom stereocenters. The quantitative estimate of drug-likeness (QED) is 0.320. The van der Waals surface area contributed by atoms with Crippen molar-refractivity contribution in [1.29, 1.82) is 0 Å². The van der Waals surface area contributed by atoms with Gasteiger partial charge in [0.2, 0.25) is 10.0 Å². The molecule has 1 amide bonds. The molecule has 10 nitrogen and oxygen atoms in total. The van der Waals surface area contributed by atoms with E-state index in [0.717, 1.165) is 12.1 Å². The highest BCUT2D eigenvalue weighted by Gasteiger charge is 2.46. The Morgan fingerprint density at radius 3 is 2.05 bits per heavy atom. The number of carbonyl (C=O) groups excluding carboxylic acids is 2. The maximum absolute atomic E-state index is 15.2.